The SMILES string of the molecule is CCn1nc(C)cc1Cn1cc(C(C)Cl)cn1. The Hall–Kier alpha value is -1.29. The molecule has 0 aliphatic heterocycles. The summed E-state index contributed by atoms with van der Waals surface area (Å²) in [5.74, 6) is 0. The van der Waals surface area contributed by atoms with Gasteiger partial charge < -0.3 is 0 Å². The van der Waals surface area contributed by atoms with E-state index >= 15 is 0 Å². The fraction of sp³-hybridized carbons (Fsp3) is 0.500. The van der Waals surface area contributed by atoms with Crippen LogP contribution < -0.4 is 0 Å². The summed E-state index contributed by atoms with van der Waals surface area (Å²) in [5, 5.41) is 8.73. The fourth-order valence-corrected chi connectivity index (χ4v) is 1.95. The largest absolute Gasteiger partial charge is 0.268 e. The minimum absolute atomic E-state index is 0.00146. The highest BCUT2D eigenvalue weighted by Gasteiger charge is 2.08. The highest BCUT2D eigenvalue weighted by atomic mass is 35.5. The first-order valence-electron chi connectivity index (χ1n) is 5.80. The van der Waals surface area contributed by atoms with Gasteiger partial charge in [-0.05, 0) is 26.8 Å². The highest BCUT2D eigenvalue weighted by molar-refractivity contribution is 6.20. The topological polar surface area (TPSA) is 35.6 Å². The number of aromatic nitrogens is 4. The Labute approximate surface area is 106 Å². The Bertz CT molecular complexity index is 498. The Balaban J connectivity index is 2.19. The molecule has 17 heavy (non-hydrogen) atoms. The molecule has 0 bridgehead atoms. The molecule has 0 aromatic carbocycles. The predicted molar refractivity (Wildman–Crippen MR) is 68.2 cm³/mol. The van der Waals surface area contributed by atoms with Crippen LogP contribution in [-0.4, -0.2) is 19.6 Å². The molecule has 1 unspecified atom stereocenters. The number of rotatable bonds is 4. The van der Waals surface area contributed by atoms with Crippen LogP contribution >= 0.6 is 11.6 Å². The molecular weight excluding hydrogens is 236 g/mol. The van der Waals surface area contributed by atoms with E-state index in [1.165, 1.54) is 5.69 Å². The number of halogens is 1. The van der Waals surface area contributed by atoms with Gasteiger partial charge in [-0.25, -0.2) is 0 Å². The number of hydrogen-bond donors (Lipinski definition) is 0. The van der Waals surface area contributed by atoms with Crippen LogP contribution in [0.4, 0.5) is 0 Å². The molecule has 2 aromatic rings. The van der Waals surface area contributed by atoms with Crippen LogP contribution in [0.1, 0.15) is 36.2 Å². The average molecular weight is 253 g/mol. The van der Waals surface area contributed by atoms with Crippen molar-refractivity contribution in [3.05, 3.63) is 35.4 Å². The quantitative estimate of drug-likeness (QED) is 0.785. The number of hydrogen-bond acceptors (Lipinski definition) is 2. The molecule has 0 aliphatic carbocycles. The van der Waals surface area contributed by atoms with Gasteiger partial charge in [-0.3, -0.25) is 9.36 Å². The Morgan fingerprint density at radius 2 is 2.24 bits per heavy atom. The molecule has 0 fully saturated rings. The molecule has 0 saturated carbocycles. The van der Waals surface area contributed by atoms with Crippen molar-refractivity contribution in [1.29, 1.82) is 0 Å². The molecule has 1 atom stereocenters. The van der Waals surface area contributed by atoms with E-state index in [0.29, 0.717) is 0 Å². The number of alkyl halides is 1. The van der Waals surface area contributed by atoms with Crippen molar-refractivity contribution in [1.82, 2.24) is 19.6 Å². The summed E-state index contributed by atoms with van der Waals surface area (Å²) in [6.07, 6.45) is 3.80. The molecule has 2 rings (SSSR count). The van der Waals surface area contributed by atoms with Gasteiger partial charge in [-0.2, -0.15) is 10.2 Å². The summed E-state index contributed by atoms with van der Waals surface area (Å²) < 4.78 is 3.90. The predicted octanol–water partition coefficient (Wildman–Crippen LogP) is 2.76. The van der Waals surface area contributed by atoms with Crippen LogP contribution in [0.3, 0.4) is 0 Å². The molecule has 0 spiro atoms. The molecule has 92 valence electrons. The van der Waals surface area contributed by atoms with Gasteiger partial charge in [0.05, 0.1) is 29.5 Å². The normalized spacial score (nSPS) is 12.9. The zero-order chi connectivity index (χ0) is 12.4. The second-order valence-electron chi connectivity index (χ2n) is 4.18. The molecule has 0 radical (unpaired) electrons. The first-order chi connectivity index (χ1) is 8.10. The summed E-state index contributed by atoms with van der Waals surface area (Å²) >= 11 is 6.01. The summed E-state index contributed by atoms with van der Waals surface area (Å²) in [6, 6.07) is 2.09. The van der Waals surface area contributed by atoms with Crippen molar-refractivity contribution in [2.24, 2.45) is 0 Å². The van der Waals surface area contributed by atoms with Gasteiger partial charge in [0.2, 0.25) is 0 Å². The van der Waals surface area contributed by atoms with Crippen molar-refractivity contribution >= 4 is 11.6 Å². The van der Waals surface area contributed by atoms with Crippen LogP contribution in [0.2, 0.25) is 0 Å². The van der Waals surface area contributed by atoms with Gasteiger partial charge in [0.15, 0.2) is 0 Å². The third kappa shape index (κ3) is 2.69. The third-order valence-electron chi connectivity index (χ3n) is 2.72. The molecule has 4 nitrogen and oxygen atoms in total. The van der Waals surface area contributed by atoms with E-state index in [1.54, 1.807) is 0 Å². The van der Waals surface area contributed by atoms with E-state index < -0.39 is 0 Å². The van der Waals surface area contributed by atoms with E-state index in [0.717, 1.165) is 24.3 Å². The Morgan fingerprint density at radius 1 is 1.47 bits per heavy atom. The van der Waals surface area contributed by atoms with Crippen LogP contribution in [0, 0.1) is 6.92 Å². The molecule has 0 N–H and O–H groups in total. The van der Waals surface area contributed by atoms with Gasteiger partial charge in [0.25, 0.3) is 0 Å². The summed E-state index contributed by atoms with van der Waals surface area (Å²) in [4.78, 5) is 0. The third-order valence-corrected chi connectivity index (χ3v) is 2.97. The minimum atomic E-state index is 0.00146. The van der Waals surface area contributed by atoms with Crippen LogP contribution in [-0.2, 0) is 13.1 Å². The molecule has 5 heteroatoms. The van der Waals surface area contributed by atoms with Crippen LogP contribution in [0.25, 0.3) is 0 Å². The van der Waals surface area contributed by atoms with E-state index in [2.05, 4.69) is 23.2 Å². The van der Waals surface area contributed by atoms with Gasteiger partial charge in [0, 0.05) is 18.3 Å². The smallest absolute Gasteiger partial charge is 0.0828 e. The molecule has 2 heterocycles. The first kappa shape index (κ1) is 12.2. The van der Waals surface area contributed by atoms with Crippen molar-refractivity contribution in [3.8, 4) is 0 Å². The monoisotopic (exact) mass is 252 g/mol. The van der Waals surface area contributed by atoms with Crippen molar-refractivity contribution in [3.63, 3.8) is 0 Å². The van der Waals surface area contributed by atoms with Gasteiger partial charge in [-0.15, -0.1) is 11.6 Å². The Morgan fingerprint density at radius 3 is 2.82 bits per heavy atom. The number of aryl methyl sites for hydroxylation is 2. The summed E-state index contributed by atoms with van der Waals surface area (Å²) in [6.45, 7) is 7.65. The summed E-state index contributed by atoms with van der Waals surface area (Å²) in [5.41, 5.74) is 3.26. The van der Waals surface area contributed by atoms with Crippen molar-refractivity contribution < 1.29 is 0 Å². The lowest BCUT2D eigenvalue weighted by molar-refractivity contribution is 0.575. The zero-order valence-corrected chi connectivity index (χ0v) is 11.1. The highest BCUT2D eigenvalue weighted by Crippen LogP contribution is 2.18. The molecule has 2 aromatic heterocycles. The average Bonchev–Trinajstić information content (AvgIpc) is 2.86. The number of nitrogens with zero attached hydrogens (tertiary/aromatic N) is 4. The first-order valence-corrected chi connectivity index (χ1v) is 6.23. The van der Waals surface area contributed by atoms with Crippen molar-refractivity contribution in [2.75, 3.05) is 0 Å². The van der Waals surface area contributed by atoms with Crippen LogP contribution in [0.5, 0.6) is 0 Å². The standard InChI is InChI=1S/C12H17ClN4/c1-4-17-12(5-9(2)15-17)8-16-7-11(6-14-16)10(3)13/h5-7,10H,4,8H2,1-3H3. The van der Waals surface area contributed by atoms with Crippen molar-refractivity contribution in [2.45, 2.75) is 39.2 Å². The van der Waals surface area contributed by atoms with E-state index in [1.807, 2.05) is 35.6 Å². The van der Waals surface area contributed by atoms with E-state index in [-0.39, 0.29) is 5.38 Å². The molecule has 0 saturated heterocycles. The maximum Gasteiger partial charge on any atom is 0.0828 e. The lowest BCUT2D eigenvalue weighted by atomic mass is 10.3. The zero-order valence-electron chi connectivity index (χ0n) is 10.4. The Kier molecular flexibility index (Phi) is 3.52. The second kappa shape index (κ2) is 4.92. The molecular formula is C12H17ClN4. The maximum atomic E-state index is 6.01. The minimum Gasteiger partial charge on any atom is -0.268 e. The lowest BCUT2D eigenvalue weighted by Gasteiger charge is -2.04. The lowest BCUT2D eigenvalue weighted by Crippen LogP contribution is -2.08. The van der Waals surface area contributed by atoms with Gasteiger partial charge >= 0.3 is 0 Å². The maximum absolute atomic E-state index is 6.01. The van der Waals surface area contributed by atoms with E-state index in [9.17, 15) is 0 Å². The molecule has 0 aliphatic rings. The fourth-order valence-electron chi connectivity index (χ4n) is 1.84. The molecule has 0 amide bonds. The summed E-state index contributed by atoms with van der Waals surface area (Å²) in [7, 11) is 0. The second-order valence-corrected chi connectivity index (χ2v) is 4.83. The van der Waals surface area contributed by atoms with E-state index in [4.69, 9.17) is 11.6 Å². The van der Waals surface area contributed by atoms with Gasteiger partial charge in [0.1, 0.15) is 0 Å². The van der Waals surface area contributed by atoms with Crippen LogP contribution in [0.15, 0.2) is 18.5 Å². The van der Waals surface area contributed by atoms with Gasteiger partial charge in [-0.1, -0.05) is 0 Å².